The molecule has 2 rings (SSSR count). The maximum Gasteiger partial charge on any atom is 0.298 e. The Kier molecular flexibility index (Phi) is 2.87. The summed E-state index contributed by atoms with van der Waals surface area (Å²) in [5.41, 5.74) is 11.3. The van der Waals surface area contributed by atoms with Crippen LogP contribution in [-0.2, 0) is 0 Å². The predicted octanol–water partition coefficient (Wildman–Crippen LogP) is 0.286. The molecular weight excluding hydrogens is 218 g/mol. The third kappa shape index (κ3) is 2.49. The maximum atomic E-state index is 11.6. The minimum Gasteiger partial charge on any atom is -0.370 e. The zero-order chi connectivity index (χ0) is 12.3. The van der Waals surface area contributed by atoms with Gasteiger partial charge in [0.05, 0.1) is 0 Å². The zero-order valence-electron chi connectivity index (χ0n) is 8.95. The monoisotopic (exact) mass is 229 g/mol. The number of nitrogens with zero attached hydrogens (tertiary/aromatic N) is 3. The number of nitrogens with two attached hydrogens (primary N) is 2. The molecule has 0 unspecified atom stereocenters. The van der Waals surface area contributed by atoms with Crippen LogP contribution >= 0.6 is 0 Å². The number of rotatable bonds is 2. The first kappa shape index (κ1) is 10.9. The normalized spacial score (nSPS) is 9.88. The summed E-state index contributed by atoms with van der Waals surface area (Å²) in [7, 11) is 0. The molecule has 0 spiro atoms. The minimum atomic E-state index is -0.556. The van der Waals surface area contributed by atoms with Crippen molar-refractivity contribution in [2.24, 2.45) is 16.5 Å². The molecule has 0 bridgehead atoms. The van der Waals surface area contributed by atoms with E-state index in [1.807, 2.05) is 29.1 Å². The molecule has 6 heteroatoms. The fourth-order valence-electron chi connectivity index (χ4n) is 1.38. The van der Waals surface area contributed by atoms with E-state index in [1.54, 1.807) is 12.1 Å². The van der Waals surface area contributed by atoms with Gasteiger partial charge in [-0.25, -0.2) is 0 Å². The van der Waals surface area contributed by atoms with Crippen LogP contribution in [0.4, 0.5) is 0 Å². The van der Waals surface area contributed by atoms with Crippen LogP contribution < -0.4 is 11.5 Å². The van der Waals surface area contributed by atoms with E-state index in [-0.39, 0.29) is 11.7 Å². The summed E-state index contributed by atoms with van der Waals surface area (Å²) >= 11 is 0. The first-order chi connectivity index (χ1) is 8.16. The van der Waals surface area contributed by atoms with Crippen LogP contribution in [0.25, 0.3) is 5.69 Å². The number of aliphatic imine (C=N–C) groups is 1. The Morgan fingerprint density at radius 2 is 2.00 bits per heavy atom. The highest BCUT2D eigenvalue weighted by Crippen LogP contribution is 2.09. The van der Waals surface area contributed by atoms with Gasteiger partial charge in [0.15, 0.2) is 5.96 Å². The lowest BCUT2D eigenvalue weighted by molar-refractivity contribution is 0.0998. The number of carbonyl (C=O) groups is 1. The lowest BCUT2D eigenvalue weighted by atomic mass is 10.3. The lowest BCUT2D eigenvalue weighted by Crippen LogP contribution is -2.24. The van der Waals surface area contributed by atoms with Gasteiger partial charge in [-0.1, -0.05) is 0 Å². The molecule has 0 aromatic carbocycles. The highest BCUT2D eigenvalue weighted by atomic mass is 16.1. The second-order valence-electron chi connectivity index (χ2n) is 3.33. The molecule has 0 aliphatic rings. The van der Waals surface area contributed by atoms with Gasteiger partial charge in [-0.2, -0.15) is 4.99 Å². The largest absolute Gasteiger partial charge is 0.370 e. The predicted molar refractivity (Wildman–Crippen MR) is 63.7 cm³/mol. The summed E-state index contributed by atoms with van der Waals surface area (Å²) < 4.78 is 1.86. The standard InChI is InChI=1S/C11H11N5O/c12-11(13)15-10(17)9-7-8(3-4-14-9)16-5-1-2-6-16/h1-7H,(H4,12,13,15,17). The molecule has 86 valence electrons. The van der Waals surface area contributed by atoms with Gasteiger partial charge >= 0.3 is 0 Å². The maximum absolute atomic E-state index is 11.6. The Hall–Kier alpha value is -2.63. The van der Waals surface area contributed by atoms with Crippen molar-refractivity contribution in [2.75, 3.05) is 0 Å². The molecule has 2 heterocycles. The van der Waals surface area contributed by atoms with E-state index in [2.05, 4.69) is 9.98 Å². The molecular formula is C11H11N5O. The average Bonchev–Trinajstić information content (AvgIpc) is 2.82. The van der Waals surface area contributed by atoms with E-state index in [9.17, 15) is 4.79 Å². The van der Waals surface area contributed by atoms with Crippen molar-refractivity contribution >= 4 is 11.9 Å². The van der Waals surface area contributed by atoms with E-state index in [1.165, 1.54) is 6.20 Å². The minimum absolute atomic E-state index is 0.199. The highest BCUT2D eigenvalue weighted by Gasteiger charge is 2.07. The molecule has 0 radical (unpaired) electrons. The quantitative estimate of drug-likeness (QED) is 0.571. The van der Waals surface area contributed by atoms with Gasteiger partial charge in [0.2, 0.25) is 0 Å². The third-order valence-corrected chi connectivity index (χ3v) is 2.10. The Labute approximate surface area is 97.6 Å². The van der Waals surface area contributed by atoms with Gasteiger partial charge in [0, 0.05) is 24.3 Å². The van der Waals surface area contributed by atoms with Crippen molar-refractivity contribution in [1.82, 2.24) is 9.55 Å². The molecule has 0 saturated carbocycles. The fourth-order valence-corrected chi connectivity index (χ4v) is 1.38. The molecule has 4 N–H and O–H groups in total. The van der Waals surface area contributed by atoms with E-state index in [0.29, 0.717) is 0 Å². The van der Waals surface area contributed by atoms with E-state index in [4.69, 9.17) is 11.5 Å². The molecule has 2 aromatic heterocycles. The first-order valence-electron chi connectivity index (χ1n) is 4.90. The molecule has 6 nitrogen and oxygen atoms in total. The van der Waals surface area contributed by atoms with Crippen molar-refractivity contribution in [1.29, 1.82) is 0 Å². The van der Waals surface area contributed by atoms with E-state index in [0.717, 1.165) is 5.69 Å². The van der Waals surface area contributed by atoms with Gasteiger partial charge < -0.3 is 16.0 Å². The summed E-state index contributed by atoms with van der Waals surface area (Å²) in [5, 5.41) is 0. The van der Waals surface area contributed by atoms with Crippen molar-refractivity contribution in [2.45, 2.75) is 0 Å². The summed E-state index contributed by atoms with van der Waals surface area (Å²) in [4.78, 5) is 18.9. The van der Waals surface area contributed by atoms with Crippen LogP contribution in [0.2, 0.25) is 0 Å². The molecule has 17 heavy (non-hydrogen) atoms. The number of aromatic nitrogens is 2. The smallest absolute Gasteiger partial charge is 0.298 e. The van der Waals surface area contributed by atoms with Crippen LogP contribution in [-0.4, -0.2) is 21.4 Å². The molecule has 0 aliphatic carbocycles. The number of amides is 1. The van der Waals surface area contributed by atoms with Gasteiger partial charge in [-0.3, -0.25) is 9.78 Å². The number of hydrogen-bond donors (Lipinski definition) is 2. The Bertz CT molecular complexity index is 555. The number of carbonyl (C=O) groups excluding carboxylic acids is 1. The van der Waals surface area contributed by atoms with Crippen molar-refractivity contribution in [3.63, 3.8) is 0 Å². The third-order valence-electron chi connectivity index (χ3n) is 2.10. The zero-order valence-corrected chi connectivity index (χ0v) is 8.95. The van der Waals surface area contributed by atoms with Crippen LogP contribution in [0.3, 0.4) is 0 Å². The molecule has 0 saturated heterocycles. The summed E-state index contributed by atoms with van der Waals surface area (Å²) in [6, 6.07) is 7.18. The Balaban J connectivity index is 2.36. The summed E-state index contributed by atoms with van der Waals surface area (Å²) in [6.07, 6.45) is 5.26. The average molecular weight is 229 g/mol. The number of pyridine rings is 1. The Morgan fingerprint density at radius 3 is 2.65 bits per heavy atom. The fraction of sp³-hybridized carbons (Fsp3) is 0. The van der Waals surface area contributed by atoms with Gasteiger partial charge in [0.25, 0.3) is 5.91 Å². The molecule has 0 atom stereocenters. The van der Waals surface area contributed by atoms with Crippen LogP contribution in [0, 0.1) is 0 Å². The Morgan fingerprint density at radius 1 is 1.29 bits per heavy atom. The van der Waals surface area contributed by atoms with Crippen molar-refractivity contribution < 1.29 is 4.79 Å². The topological polar surface area (TPSA) is 99.3 Å². The van der Waals surface area contributed by atoms with E-state index >= 15 is 0 Å². The SMILES string of the molecule is NC(N)=NC(=O)c1cc(-n2cccc2)ccn1. The van der Waals surface area contributed by atoms with Gasteiger partial charge in [0.1, 0.15) is 5.69 Å². The molecule has 2 aromatic rings. The summed E-state index contributed by atoms with van der Waals surface area (Å²) in [5.74, 6) is -0.831. The van der Waals surface area contributed by atoms with Crippen LogP contribution in [0.5, 0.6) is 0 Å². The second kappa shape index (κ2) is 4.48. The molecule has 1 amide bonds. The molecule has 0 aliphatic heterocycles. The highest BCUT2D eigenvalue weighted by molar-refractivity contribution is 6.00. The number of hydrogen-bond acceptors (Lipinski definition) is 2. The van der Waals surface area contributed by atoms with Crippen LogP contribution in [0.1, 0.15) is 10.5 Å². The van der Waals surface area contributed by atoms with Crippen molar-refractivity contribution in [3.8, 4) is 5.69 Å². The van der Waals surface area contributed by atoms with Gasteiger partial charge in [-0.15, -0.1) is 0 Å². The lowest BCUT2D eigenvalue weighted by Gasteiger charge is -2.03. The number of guanidine groups is 1. The van der Waals surface area contributed by atoms with E-state index < -0.39 is 5.91 Å². The van der Waals surface area contributed by atoms with Crippen LogP contribution in [0.15, 0.2) is 47.8 Å². The summed E-state index contributed by atoms with van der Waals surface area (Å²) in [6.45, 7) is 0. The second-order valence-corrected chi connectivity index (χ2v) is 3.33. The molecule has 0 fully saturated rings. The first-order valence-corrected chi connectivity index (χ1v) is 4.90. The van der Waals surface area contributed by atoms with Crippen molar-refractivity contribution in [3.05, 3.63) is 48.5 Å². The van der Waals surface area contributed by atoms with Gasteiger partial charge in [-0.05, 0) is 24.3 Å².